The first-order chi connectivity index (χ1) is 9.24. The Morgan fingerprint density at radius 2 is 1.70 bits per heavy atom. The van der Waals surface area contributed by atoms with Crippen molar-refractivity contribution in [3.63, 3.8) is 0 Å². The maximum absolute atomic E-state index is 11.9. The van der Waals surface area contributed by atoms with Gasteiger partial charge in [-0.1, -0.05) is 30.5 Å². The van der Waals surface area contributed by atoms with Gasteiger partial charge in [-0.15, -0.1) is 12.4 Å². The Labute approximate surface area is 128 Å². The summed E-state index contributed by atoms with van der Waals surface area (Å²) >= 11 is 0. The standard InChI is InChI=1S/C16H24N2O.ClH/c1-14-6-8-15(9-7-14)17-16(19)10-13-18-11-4-2-3-5-12-18;/h6-9H,2-5,10-13H2,1H3,(H,17,19);1H. The molecular weight excluding hydrogens is 272 g/mol. The molecule has 1 aromatic carbocycles. The maximum atomic E-state index is 11.9. The number of hydrogen-bond acceptors (Lipinski definition) is 2. The number of halogens is 1. The average molecular weight is 297 g/mol. The van der Waals surface area contributed by atoms with Crippen LogP contribution in [0.25, 0.3) is 0 Å². The topological polar surface area (TPSA) is 32.3 Å². The lowest BCUT2D eigenvalue weighted by molar-refractivity contribution is -0.116. The predicted octanol–water partition coefficient (Wildman–Crippen LogP) is 3.62. The SMILES string of the molecule is Cc1ccc(NC(=O)CCN2CCCCCC2)cc1.Cl. The molecule has 3 nitrogen and oxygen atoms in total. The predicted molar refractivity (Wildman–Crippen MR) is 86.6 cm³/mol. The van der Waals surface area contributed by atoms with Crippen LogP contribution in [0.3, 0.4) is 0 Å². The Kier molecular flexibility index (Phi) is 7.63. The van der Waals surface area contributed by atoms with Gasteiger partial charge in [-0.3, -0.25) is 4.79 Å². The minimum Gasteiger partial charge on any atom is -0.326 e. The second kappa shape index (κ2) is 8.98. The van der Waals surface area contributed by atoms with Crippen molar-refractivity contribution in [2.75, 3.05) is 25.0 Å². The smallest absolute Gasteiger partial charge is 0.225 e. The van der Waals surface area contributed by atoms with Gasteiger partial charge in [0.05, 0.1) is 0 Å². The van der Waals surface area contributed by atoms with Gasteiger partial charge < -0.3 is 10.2 Å². The first-order valence-electron chi connectivity index (χ1n) is 7.33. The van der Waals surface area contributed by atoms with Crippen LogP contribution >= 0.6 is 12.4 Å². The van der Waals surface area contributed by atoms with Gasteiger partial charge >= 0.3 is 0 Å². The molecule has 0 spiro atoms. The number of nitrogens with one attached hydrogen (secondary N) is 1. The zero-order valence-corrected chi connectivity index (χ0v) is 13.0. The molecule has 1 aliphatic heterocycles. The number of anilines is 1. The van der Waals surface area contributed by atoms with Gasteiger partial charge in [-0.25, -0.2) is 0 Å². The van der Waals surface area contributed by atoms with Crippen molar-refractivity contribution < 1.29 is 4.79 Å². The van der Waals surface area contributed by atoms with Crippen LogP contribution in [0.4, 0.5) is 5.69 Å². The number of amides is 1. The van der Waals surface area contributed by atoms with Crippen molar-refractivity contribution in [3.05, 3.63) is 29.8 Å². The van der Waals surface area contributed by atoms with Crippen molar-refractivity contribution in [2.24, 2.45) is 0 Å². The summed E-state index contributed by atoms with van der Waals surface area (Å²) in [7, 11) is 0. The van der Waals surface area contributed by atoms with E-state index in [0.717, 1.165) is 25.3 Å². The van der Waals surface area contributed by atoms with Crippen molar-refractivity contribution in [1.29, 1.82) is 0 Å². The Hall–Kier alpha value is -1.06. The third-order valence-corrected chi connectivity index (χ3v) is 3.69. The second-order valence-electron chi connectivity index (χ2n) is 5.42. The molecule has 1 amide bonds. The van der Waals surface area contributed by atoms with Crippen molar-refractivity contribution in [2.45, 2.75) is 39.0 Å². The first kappa shape index (κ1) is 17.0. The van der Waals surface area contributed by atoms with Crippen LogP contribution in [0, 0.1) is 6.92 Å². The van der Waals surface area contributed by atoms with Gasteiger partial charge in [-0.05, 0) is 45.0 Å². The van der Waals surface area contributed by atoms with Gasteiger partial charge in [-0.2, -0.15) is 0 Å². The summed E-state index contributed by atoms with van der Waals surface area (Å²) in [5, 5.41) is 2.96. The number of aryl methyl sites for hydroxylation is 1. The van der Waals surface area contributed by atoms with Gasteiger partial charge in [0.1, 0.15) is 0 Å². The summed E-state index contributed by atoms with van der Waals surface area (Å²) in [6.45, 7) is 5.23. The molecule has 0 saturated carbocycles. The number of rotatable bonds is 4. The zero-order valence-electron chi connectivity index (χ0n) is 12.2. The third-order valence-electron chi connectivity index (χ3n) is 3.69. The number of hydrogen-bond donors (Lipinski definition) is 1. The van der Waals surface area contributed by atoms with Gasteiger partial charge in [0, 0.05) is 18.7 Å². The Balaban J connectivity index is 0.00000200. The van der Waals surface area contributed by atoms with E-state index in [2.05, 4.69) is 10.2 Å². The molecular formula is C16H25ClN2O. The lowest BCUT2D eigenvalue weighted by atomic mass is 10.2. The van der Waals surface area contributed by atoms with E-state index in [-0.39, 0.29) is 18.3 Å². The molecule has 112 valence electrons. The fraction of sp³-hybridized carbons (Fsp3) is 0.562. The molecule has 1 N–H and O–H groups in total. The molecule has 0 bridgehead atoms. The summed E-state index contributed by atoms with van der Waals surface area (Å²) in [6.07, 6.45) is 5.82. The number of nitrogens with zero attached hydrogens (tertiary/aromatic N) is 1. The summed E-state index contributed by atoms with van der Waals surface area (Å²) < 4.78 is 0. The molecule has 0 atom stereocenters. The summed E-state index contributed by atoms with van der Waals surface area (Å²) in [5.74, 6) is 0.119. The van der Waals surface area contributed by atoms with Crippen LogP contribution in [-0.2, 0) is 4.79 Å². The molecule has 1 heterocycles. The van der Waals surface area contributed by atoms with Crippen LogP contribution in [0.5, 0.6) is 0 Å². The van der Waals surface area contributed by atoms with Gasteiger partial charge in [0.15, 0.2) is 0 Å². The van der Waals surface area contributed by atoms with Gasteiger partial charge in [0.2, 0.25) is 5.91 Å². The van der Waals surface area contributed by atoms with E-state index in [1.165, 1.54) is 31.2 Å². The van der Waals surface area contributed by atoms with E-state index in [1.807, 2.05) is 31.2 Å². The van der Waals surface area contributed by atoms with E-state index < -0.39 is 0 Å². The lowest BCUT2D eigenvalue weighted by Gasteiger charge is -2.19. The quantitative estimate of drug-likeness (QED) is 0.920. The second-order valence-corrected chi connectivity index (χ2v) is 5.42. The van der Waals surface area contributed by atoms with Crippen LogP contribution in [0.15, 0.2) is 24.3 Å². The highest BCUT2D eigenvalue weighted by atomic mass is 35.5. The number of likely N-dealkylation sites (tertiary alicyclic amines) is 1. The van der Waals surface area contributed by atoms with E-state index in [9.17, 15) is 4.79 Å². The molecule has 1 aromatic rings. The molecule has 4 heteroatoms. The maximum Gasteiger partial charge on any atom is 0.225 e. The van der Waals surface area contributed by atoms with Crippen LogP contribution in [0.1, 0.15) is 37.7 Å². The lowest BCUT2D eigenvalue weighted by Crippen LogP contribution is -2.28. The average Bonchev–Trinajstić information content (AvgIpc) is 2.68. The van der Waals surface area contributed by atoms with Gasteiger partial charge in [0.25, 0.3) is 0 Å². The summed E-state index contributed by atoms with van der Waals surface area (Å²) in [6, 6.07) is 7.95. The van der Waals surface area contributed by atoms with E-state index in [1.54, 1.807) is 0 Å². The monoisotopic (exact) mass is 296 g/mol. The van der Waals surface area contributed by atoms with Crippen LogP contribution < -0.4 is 5.32 Å². The fourth-order valence-electron chi connectivity index (χ4n) is 2.48. The van der Waals surface area contributed by atoms with Crippen molar-refractivity contribution >= 4 is 24.0 Å². The minimum atomic E-state index is 0. The molecule has 0 aliphatic carbocycles. The number of carbonyl (C=O) groups excluding carboxylic acids is 1. The molecule has 0 unspecified atom stereocenters. The highest BCUT2D eigenvalue weighted by Gasteiger charge is 2.10. The van der Waals surface area contributed by atoms with Crippen molar-refractivity contribution in [1.82, 2.24) is 4.90 Å². The van der Waals surface area contributed by atoms with E-state index >= 15 is 0 Å². The van der Waals surface area contributed by atoms with E-state index in [4.69, 9.17) is 0 Å². The zero-order chi connectivity index (χ0) is 13.5. The molecule has 0 aromatic heterocycles. The Morgan fingerprint density at radius 1 is 1.10 bits per heavy atom. The normalized spacial score (nSPS) is 16.1. The first-order valence-corrected chi connectivity index (χ1v) is 7.33. The Morgan fingerprint density at radius 3 is 2.30 bits per heavy atom. The third kappa shape index (κ3) is 5.93. The van der Waals surface area contributed by atoms with Crippen LogP contribution in [0.2, 0.25) is 0 Å². The molecule has 2 rings (SSSR count). The fourth-order valence-corrected chi connectivity index (χ4v) is 2.48. The molecule has 1 fully saturated rings. The molecule has 20 heavy (non-hydrogen) atoms. The van der Waals surface area contributed by atoms with Crippen molar-refractivity contribution in [3.8, 4) is 0 Å². The number of benzene rings is 1. The van der Waals surface area contributed by atoms with Crippen LogP contribution in [-0.4, -0.2) is 30.4 Å². The molecule has 0 radical (unpaired) electrons. The largest absolute Gasteiger partial charge is 0.326 e. The van der Waals surface area contributed by atoms with E-state index in [0.29, 0.717) is 6.42 Å². The number of carbonyl (C=O) groups is 1. The molecule has 1 aliphatic rings. The summed E-state index contributed by atoms with van der Waals surface area (Å²) in [5.41, 5.74) is 2.11. The summed E-state index contributed by atoms with van der Waals surface area (Å²) in [4.78, 5) is 14.3. The Bertz CT molecular complexity index is 397. The molecule has 1 saturated heterocycles. The minimum absolute atomic E-state index is 0. The highest BCUT2D eigenvalue weighted by Crippen LogP contribution is 2.11. The highest BCUT2D eigenvalue weighted by molar-refractivity contribution is 5.90.